The number of thiophene rings is 1. The number of esters is 1. The molecule has 2 heterocycles. The van der Waals surface area contributed by atoms with Gasteiger partial charge in [0.25, 0.3) is 0 Å². The molecule has 150 valence electrons. The molecule has 1 fully saturated rings. The molecular weight excluding hydrogens is 376 g/mol. The number of carbonyl (C=O) groups is 1. The lowest BCUT2D eigenvalue weighted by atomic mass is 9.96. The second-order valence-electron chi connectivity index (χ2n) is 7.52. The minimum atomic E-state index is -0.202. The SMILES string of the molecule is CCOC(=O)c1c(NC(=S)N2CCCC[C@@H]2CC)sc2c1CCCCCC2. The van der Waals surface area contributed by atoms with Gasteiger partial charge in [0.2, 0.25) is 0 Å². The predicted octanol–water partition coefficient (Wildman–Crippen LogP) is 5.55. The third kappa shape index (κ3) is 4.83. The summed E-state index contributed by atoms with van der Waals surface area (Å²) in [7, 11) is 0. The number of aryl methyl sites for hydroxylation is 1. The molecule has 3 rings (SSSR count). The van der Waals surface area contributed by atoms with Crippen LogP contribution < -0.4 is 5.32 Å². The molecule has 1 saturated heterocycles. The smallest absolute Gasteiger partial charge is 0.341 e. The van der Waals surface area contributed by atoms with Crippen LogP contribution in [-0.2, 0) is 17.6 Å². The van der Waals surface area contributed by atoms with E-state index >= 15 is 0 Å². The average Bonchev–Trinajstić information content (AvgIpc) is 2.98. The van der Waals surface area contributed by atoms with E-state index in [1.54, 1.807) is 11.3 Å². The third-order valence-corrected chi connectivity index (χ3v) is 7.27. The summed E-state index contributed by atoms with van der Waals surface area (Å²) in [4.78, 5) is 16.4. The Bertz CT molecular complexity index is 671. The van der Waals surface area contributed by atoms with Crippen molar-refractivity contribution in [2.75, 3.05) is 18.5 Å². The zero-order valence-electron chi connectivity index (χ0n) is 16.6. The van der Waals surface area contributed by atoms with Crippen molar-refractivity contribution in [2.45, 2.75) is 84.1 Å². The summed E-state index contributed by atoms with van der Waals surface area (Å²) in [5.74, 6) is -0.202. The van der Waals surface area contributed by atoms with Crippen LogP contribution in [0.5, 0.6) is 0 Å². The summed E-state index contributed by atoms with van der Waals surface area (Å²) in [6.45, 7) is 5.50. The van der Waals surface area contributed by atoms with Crippen LogP contribution in [0.25, 0.3) is 0 Å². The summed E-state index contributed by atoms with van der Waals surface area (Å²) in [6.07, 6.45) is 11.6. The van der Waals surface area contributed by atoms with E-state index in [0.717, 1.165) is 47.9 Å². The first-order valence-electron chi connectivity index (χ1n) is 10.5. The van der Waals surface area contributed by atoms with Crippen LogP contribution in [0.4, 0.5) is 5.00 Å². The molecule has 0 unspecified atom stereocenters. The minimum Gasteiger partial charge on any atom is -0.462 e. The molecule has 0 spiro atoms. The Morgan fingerprint density at radius 2 is 1.96 bits per heavy atom. The maximum Gasteiger partial charge on any atom is 0.341 e. The number of fused-ring (bicyclic) bond motifs is 1. The zero-order chi connectivity index (χ0) is 19.2. The van der Waals surface area contributed by atoms with Crippen LogP contribution in [-0.4, -0.2) is 35.2 Å². The summed E-state index contributed by atoms with van der Waals surface area (Å²) in [6, 6.07) is 0.505. The molecule has 1 atom stereocenters. The van der Waals surface area contributed by atoms with Crippen LogP contribution in [0.3, 0.4) is 0 Å². The van der Waals surface area contributed by atoms with E-state index in [4.69, 9.17) is 17.0 Å². The lowest BCUT2D eigenvalue weighted by Gasteiger charge is -2.37. The van der Waals surface area contributed by atoms with Gasteiger partial charge < -0.3 is 15.0 Å². The minimum absolute atomic E-state index is 0.202. The van der Waals surface area contributed by atoms with E-state index in [2.05, 4.69) is 17.1 Å². The van der Waals surface area contributed by atoms with E-state index in [1.807, 2.05) is 6.92 Å². The molecule has 0 amide bonds. The highest BCUT2D eigenvalue weighted by Gasteiger charge is 2.28. The largest absolute Gasteiger partial charge is 0.462 e. The van der Waals surface area contributed by atoms with Gasteiger partial charge in [-0.05, 0) is 76.1 Å². The van der Waals surface area contributed by atoms with E-state index in [0.29, 0.717) is 12.6 Å². The van der Waals surface area contributed by atoms with Crippen LogP contribution in [0, 0.1) is 0 Å². The Hall–Kier alpha value is -1.14. The van der Waals surface area contributed by atoms with Crippen LogP contribution in [0.2, 0.25) is 0 Å². The van der Waals surface area contributed by atoms with Crippen molar-refractivity contribution in [3.05, 3.63) is 16.0 Å². The zero-order valence-corrected chi connectivity index (χ0v) is 18.3. The monoisotopic (exact) mass is 408 g/mol. The highest BCUT2D eigenvalue weighted by molar-refractivity contribution is 7.80. The highest BCUT2D eigenvalue weighted by atomic mass is 32.1. The Balaban J connectivity index is 1.87. The van der Waals surface area contributed by atoms with Crippen LogP contribution >= 0.6 is 23.6 Å². The molecule has 4 nitrogen and oxygen atoms in total. The number of nitrogens with zero attached hydrogens (tertiary/aromatic N) is 1. The molecule has 0 bridgehead atoms. The van der Waals surface area contributed by atoms with Gasteiger partial charge in [0.15, 0.2) is 5.11 Å². The van der Waals surface area contributed by atoms with E-state index < -0.39 is 0 Å². The molecule has 1 N–H and O–H groups in total. The Morgan fingerprint density at radius 3 is 2.70 bits per heavy atom. The molecule has 0 aromatic carbocycles. The molecule has 2 aliphatic rings. The number of carbonyl (C=O) groups excluding carboxylic acids is 1. The van der Waals surface area contributed by atoms with Crippen molar-refractivity contribution < 1.29 is 9.53 Å². The number of rotatable bonds is 4. The first-order chi connectivity index (χ1) is 13.2. The molecule has 1 aromatic heterocycles. The summed E-state index contributed by atoms with van der Waals surface area (Å²) in [5.41, 5.74) is 1.94. The number of ether oxygens (including phenoxy) is 1. The second-order valence-corrected chi connectivity index (χ2v) is 9.02. The molecule has 6 heteroatoms. The van der Waals surface area contributed by atoms with Crippen molar-refractivity contribution in [1.82, 2.24) is 4.90 Å². The van der Waals surface area contributed by atoms with E-state index in [-0.39, 0.29) is 5.97 Å². The van der Waals surface area contributed by atoms with E-state index in [1.165, 1.54) is 49.0 Å². The highest BCUT2D eigenvalue weighted by Crippen LogP contribution is 2.38. The number of nitrogens with one attached hydrogen (secondary N) is 1. The number of likely N-dealkylation sites (tertiary alicyclic amines) is 1. The van der Waals surface area contributed by atoms with Crippen molar-refractivity contribution in [1.29, 1.82) is 0 Å². The topological polar surface area (TPSA) is 41.6 Å². The number of hydrogen-bond acceptors (Lipinski definition) is 4. The normalized spacial score (nSPS) is 20.4. The lowest BCUT2D eigenvalue weighted by molar-refractivity contribution is 0.0526. The molecule has 1 aliphatic heterocycles. The van der Waals surface area contributed by atoms with Crippen LogP contribution in [0.15, 0.2) is 0 Å². The predicted molar refractivity (Wildman–Crippen MR) is 117 cm³/mol. The second kappa shape index (κ2) is 9.87. The first-order valence-corrected chi connectivity index (χ1v) is 11.8. The summed E-state index contributed by atoms with van der Waals surface area (Å²) in [5, 5.41) is 5.12. The molecule has 1 aromatic rings. The molecule has 1 aliphatic carbocycles. The molecular formula is C21H32N2O2S2. The molecule has 0 saturated carbocycles. The summed E-state index contributed by atoms with van der Waals surface area (Å²) >= 11 is 7.49. The van der Waals surface area contributed by atoms with Crippen LogP contribution in [0.1, 0.15) is 86.0 Å². The number of anilines is 1. The van der Waals surface area contributed by atoms with E-state index in [9.17, 15) is 4.79 Å². The van der Waals surface area contributed by atoms with Gasteiger partial charge in [-0.1, -0.05) is 19.8 Å². The van der Waals surface area contributed by atoms with Gasteiger partial charge in [0, 0.05) is 17.5 Å². The first kappa shape index (κ1) is 20.6. The standard InChI is InChI=1S/C21H32N2O2S2/c1-3-15-11-9-10-14-23(15)21(26)22-19-18(20(24)25-4-2)16-12-7-5-6-8-13-17(16)27-19/h15H,3-14H2,1-2H3,(H,22,26)/t15-/m0/s1. The van der Waals surface area contributed by atoms with Gasteiger partial charge in [-0.25, -0.2) is 4.79 Å². The van der Waals surface area contributed by atoms with Gasteiger partial charge in [0.1, 0.15) is 5.00 Å². The Kier molecular flexibility index (Phi) is 7.53. The quantitative estimate of drug-likeness (QED) is 0.523. The van der Waals surface area contributed by atoms with Crippen molar-refractivity contribution in [2.24, 2.45) is 0 Å². The van der Waals surface area contributed by atoms with Gasteiger partial charge in [-0.15, -0.1) is 11.3 Å². The van der Waals surface area contributed by atoms with Gasteiger partial charge in [-0.3, -0.25) is 0 Å². The maximum atomic E-state index is 12.8. The number of thiocarbonyl (C=S) groups is 1. The Morgan fingerprint density at radius 1 is 1.19 bits per heavy atom. The van der Waals surface area contributed by atoms with Gasteiger partial charge >= 0.3 is 5.97 Å². The molecule has 0 radical (unpaired) electrons. The third-order valence-electron chi connectivity index (χ3n) is 5.73. The fourth-order valence-corrected chi connectivity index (χ4v) is 5.97. The maximum absolute atomic E-state index is 12.8. The summed E-state index contributed by atoms with van der Waals surface area (Å²) < 4.78 is 5.41. The van der Waals surface area contributed by atoms with Gasteiger partial charge in [0.05, 0.1) is 12.2 Å². The van der Waals surface area contributed by atoms with Gasteiger partial charge in [-0.2, -0.15) is 0 Å². The fraction of sp³-hybridized carbons (Fsp3) is 0.714. The molecule has 27 heavy (non-hydrogen) atoms. The van der Waals surface area contributed by atoms with Crippen molar-refractivity contribution in [3.8, 4) is 0 Å². The lowest BCUT2D eigenvalue weighted by Crippen LogP contribution is -2.45. The van der Waals surface area contributed by atoms with Crippen molar-refractivity contribution >= 4 is 39.6 Å². The number of piperidine rings is 1. The fourth-order valence-electron chi connectivity index (χ4n) is 4.29. The van der Waals surface area contributed by atoms with Crippen molar-refractivity contribution in [3.63, 3.8) is 0 Å². The average molecular weight is 409 g/mol. The Labute approximate surface area is 172 Å². The number of hydrogen-bond donors (Lipinski definition) is 1.